The van der Waals surface area contributed by atoms with Crippen LogP contribution in [-0.2, 0) is 0 Å². The number of benzene rings is 9. The second-order valence-electron chi connectivity index (χ2n) is 15.8. The monoisotopic (exact) mass is 793 g/mol. The second kappa shape index (κ2) is 13.5. The van der Waals surface area contributed by atoms with Gasteiger partial charge in [0.2, 0.25) is 0 Å². The molecule has 9 aromatic carbocycles. The smallest absolute Gasteiger partial charge is 0.168 e. The summed E-state index contributed by atoms with van der Waals surface area (Å²) in [6.45, 7) is 0. The van der Waals surface area contributed by atoms with Gasteiger partial charge in [0.1, 0.15) is 11.2 Å². The normalized spacial score (nSPS) is 11.9. The Morgan fingerprint density at radius 2 is 0.919 bits per heavy atom. The quantitative estimate of drug-likeness (QED) is 0.168. The molecule has 290 valence electrons. The Balaban J connectivity index is 1.05. The van der Waals surface area contributed by atoms with E-state index in [-0.39, 0.29) is 0 Å². The van der Waals surface area contributed by atoms with Crippen LogP contribution in [-0.4, -0.2) is 23.9 Å². The largest absolute Gasteiger partial charge is 0.456 e. The molecular weight excluding hydrogens is 759 g/mol. The number of aromatic nitrogens is 5. The summed E-state index contributed by atoms with van der Waals surface area (Å²) < 4.78 is 13.5. The van der Waals surface area contributed by atoms with Crippen molar-refractivity contribution in [2.45, 2.75) is 0 Å². The van der Waals surface area contributed by atoms with Gasteiger partial charge in [0.15, 0.2) is 11.6 Å². The lowest BCUT2D eigenvalue weighted by molar-refractivity contribution is 0.669. The van der Waals surface area contributed by atoms with Gasteiger partial charge in [-0.2, -0.15) is 0 Å². The van der Waals surface area contributed by atoms with Crippen molar-refractivity contribution in [3.63, 3.8) is 0 Å². The van der Waals surface area contributed by atoms with Crippen molar-refractivity contribution in [2.75, 3.05) is 0 Å². The summed E-state index contributed by atoms with van der Waals surface area (Å²) in [6, 6.07) is 75.1. The van der Waals surface area contributed by atoms with Gasteiger partial charge in [-0.25, -0.2) is 0 Å². The van der Waals surface area contributed by atoms with E-state index >= 15 is 0 Å². The third-order valence-corrected chi connectivity index (χ3v) is 12.4. The average Bonchev–Trinajstić information content (AvgIpc) is 4.12. The molecule has 0 saturated carbocycles. The molecule has 0 amide bonds. The second-order valence-corrected chi connectivity index (χ2v) is 15.8. The van der Waals surface area contributed by atoms with Gasteiger partial charge >= 0.3 is 0 Å². The molecule has 0 spiro atoms. The van der Waals surface area contributed by atoms with Crippen LogP contribution in [0.4, 0.5) is 0 Å². The first-order chi connectivity index (χ1) is 30.8. The third kappa shape index (κ3) is 5.04. The van der Waals surface area contributed by atoms with E-state index in [0.29, 0.717) is 0 Å². The van der Waals surface area contributed by atoms with Gasteiger partial charge in [0, 0.05) is 49.3 Å². The van der Waals surface area contributed by atoms with E-state index < -0.39 is 0 Å². The fourth-order valence-corrected chi connectivity index (χ4v) is 9.77. The summed E-state index contributed by atoms with van der Waals surface area (Å²) in [7, 11) is 0. The van der Waals surface area contributed by atoms with E-state index in [1.54, 1.807) is 0 Å². The third-order valence-electron chi connectivity index (χ3n) is 12.4. The number of furan rings is 1. The predicted molar refractivity (Wildman–Crippen MR) is 254 cm³/mol. The first-order valence-electron chi connectivity index (χ1n) is 20.9. The molecule has 0 atom stereocenters. The standard InChI is InChI=1S/C56H35N5O/c1-3-17-36(18-4-1)55-57-58-56(37-19-5-2-6-20-37)61(55)49-31-16-30-48-52(49)43-25-9-13-29-47(43)60(48)45-27-11-7-23-40(45)38-21-15-22-39(35-38)59-46-28-12-8-24-41(46)42-33-34-51-53(54(42)59)44-26-10-14-32-50(44)62-51/h1-35H. The van der Waals surface area contributed by atoms with Crippen molar-refractivity contribution >= 4 is 65.6 Å². The maximum atomic E-state index is 6.43. The van der Waals surface area contributed by atoms with Crippen LogP contribution in [0.2, 0.25) is 0 Å². The van der Waals surface area contributed by atoms with E-state index in [4.69, 9.17) is 14.6 Å². The van der Waals surface area contributed by atoms with E-state index in [1.165, 1.54) is 10.8 Å². The molecule has 0 fully saturated rings. The van der Waals surface area contributed by atoms with Crippen LogP contribution in [0.5, 0.6) is 0 Å². The fourth-order valence-electron chi connectivity index (χ4n) is 9.77. The Morgan fingerprint density at radius 3 is 1.69 bits per heavy atom. The number of hydrogen-bond donors (Lipinski definition) is 0. The van der Waals surface area contributed by atoms with Crippen LogP contribution < -0.4 is 0 Å². The number of fused-ring (bicyclic) bond motifs is 10. The number of rotatable bonds is 6. The van der Waals surface area contributed by atoms with Crippen LogP contribution in [0.15, 0.2) is 217 Å². The first kappa shape index (κ1) is 34.4. The van der Waals surface area contributed by atoms with Crippen molar-refractivity contribution in [3.8, 4) is 51.0 Å². The molecular formula is C56H35N5O. The topological polar surface area (TPSA) is 53.7 Å². The molecule has 0 aliphatic heterocycles. The summed E-state index contributed by atoms with van der Waals surface area (Å²) >= 11 is 0. The number of para-hydroxylation sites is 4. The van der Waals surface area contributed by atoms with Crippen LogP contribution in [0.1, 0.15) is 0 Å². The Kier molecular flexibility index (Phi) is 7.50. The Morgan fingerprint density at radius 1 is 0.339 bits per heavy atom. The van der Waals surface area contributed by atoms with E-state index in [2.05, 4.69) is 208 Å². The van der Waals surface area contributed by atoms with Gasteiger partial charge in [-0.05, 0) is 66.2 Å². The molecule has 62 heavy (non-hydrogen) atoms. The lowest BCUT2D eigenvalue weighted by Gasteiger charge is -2.16. The molecule has 13 aromatic rings. The van der Waals surface area contributed by atoms with Crippen molar-refractivity contribution in [1.82, 2.24) is 23.9 Å². The van der Waals surface area contributed by atoms with Gasteiger partial charge in [-0.1, -0.05) is 152 Å². The molecule has 4 heterocycles. The molecule has 0 aliphatic carbocycles. The van der Waals surface area contributed by atoms with Crippen LogP contribution >= 0.6 is 0 Å². The van der Waals surface area contributed by atoms with E-state index in [0.717, 1.165) is 106 Å². The van der Waals surface area contributed by atoms with Crippen LogP contribution in [0.3, 0.4) is 0 Å². The first-order valence-corrected chi connectivity index (χ1v) is 20.9. The molecule has 6 nitrogen and oxygen atoms in total. The molecule has 6 heteroatoms. The highest BCUT2D eigenvalue weighted by Crippen LogP contribution is 2.43. The molecule has 13 rings (SSSR count). The number of hydrogen-bond acceptors (Lipinski definition) is 3. The van der Waals surface area contributed by atoms with Gasteiger partial charge < -0.3 is 13.6 Å². The summed E-state index contributed by atoms with van der Waals surface area (Å²) in [5.74, 6) is 1.58. The lowest BCUT2D eigenvalue weighted by atomic mass is 10.0. The lowest BCUT2D eigenvalue weighted by Crippen LogP contribution is -2.02. The average molecular weight is 794 g/mol. The summed E-state index contributed by atoms with van der Waals surface area (Å²) in [6.07, 6.45) is 0. The van der Waals surface area contributed by atoms with Crippen LogP contribution in [0, 0.1) is 0 Å². The molecule has 0 N–H and O–H groups in total. The molecule has 0 radical (unpaired) electrons. The highest BCUT2D eigenvalue weighted by Gasteiger charge is 2.24. The van der Waals surface area contributed by atoms with Crippen molar-refractivity contribution < 1.29 is 4.42 Å². The predicted octanol–water partition coefficient (Wildman–Crippen LogP) is 14.4. The zero-order valence-electron chi connectivity index (χ0n) is 33.4. The summed E-state index contributed by atoms with van der Waals surface area (Å²) in [5.41, 5.74) is 13.7. The zero-order chi connectivity index (χ0) is 40.7. The van der Waals surface area contributed by atoms with Crippen molar-refractivity contribution in [3.05, 3.63) is 212 Å². The number of nitrogens with zero attached hydrogens (tertiary/aromatic N) is 5. The zero-order valence-corrected chi connectivity index (χ0v) is 33.4. The van der Waals surface area contributed by atoms with E-state index in [1.807, 2.05) is 18.2 Å². The summed E-state index contributed by atoms with van der Waals surface area (Å²) in [5, 5.41) is 16.6. The molecule has 0 unspecified atom stereocenters. The Labute approximate surface area is 355 Å². The maximum absolute atomic E-state index is 6.43. The summed E-state index contributed by atoms with van der Waals surface area (Å²) in [4.78, 5) is 0. The van der Waals surface area contributed by atoms with Crippen molar-refractivity contribution in [2.24, 2.45) is 0 Å². The van der Waals surface area contributed by atoms with Gasteiger partial charge in [-0.3, -0.25) is 4.57 Å². The highest BCUT2D eigenvalue weighted by molar-refractivity contribution is 6.24. The minimum atomic E-state index is 0.789. The minimum absolute atomic E-state index is 0.789. The Bertz CT molecular complexity index is 3810. The minimum Gasteiger partial charge on any atom is -0.456 e. The molecule has 0 aliphatic rings. The van der Waals surface area contributed by atoms with Gasteiger partial charge in [0.05, 0.1) is 38.8 Å². The molecule has 0 saturated heterocycles. The SMILES string of the molecule is c1ccc(-c2nnc(-c3ccccc3)n2-c2cccc3c2c2ccccc2n3-c2ccccc2-c2cccc(-n3c4ccccc4c4ccc5oc6ccccc6c5c43)c2)cc1. The molecule has 4 aromatic heterocycles. The van der Waals surface area contributed by atoms with Crippen LogP contribution in [0.25, 0.3) is 117 Å². The Hall–Kier alpha value is -8.48. The molecule has 0 bridgehead atoms. The van der Waals surface area contributed by atoms with Gasteiger partial charge in [0.25, 0.3) is 0 Å². The van der Waals surface area contributed by atoms with Crippen molar-refractivity contribution in [1.29, 1.82) is 0 Å². The maximum Gasteiger partial charge on any atom is 0.168 e. The fraction of sp³-hybridized carbons (Fsp3) is 0. The highest BCUT2D eigenvalue weighted by atomic mass is 16.3. The van der Waals surface area contributed by atoms with E-state index in [9.17, 15) is 0 Å². The van der Waals surface area contributed by atoms with Gasteiger partial charge in [-0.15, -0.1) is 10.2 Å².